The highest BCUT2D eigenvalue weighted by molar-refractivity contribution is 6.06. The van der Waals surface area contributed by atoms with Gasteiger partial charge >= 0.3 is 6.03 Å². The van der Waals surface area contributed by atoms with Crippen molar-refractivity contribution in [3.63, 3.8) is 0 Å². The predicted molar refractivity (Wildman–Crippen MR) is 60.0 cm³/mol. The molecular weight excluding hydrogens is 206 g/mol. The first-order chi connectivity index (χ1) is 7.63. The summed E-state index contributed by atoms with van der Waals surface area (Å²) in [6.07, 6.45) is 2.37. The third-order valence-electron chi connectivity index (χ3n) is 3.62. The molecule has 0 aromatic carbocycles. The van der Waals surface area contributed by atoms with E-state index in [2.05, 4.69) is 5.32 Å². The van der Waals surface area contributed by atoms with E-state index in [1.54, 1.807) is 11.9 Å². The first-order valence-electron chi connectivity index (χ1n) is 5.94. The Hall–Kier alpha value is -1.10. The van der Waals surface area contributed by atoms with E-state index in [0.717, 1.165) is 32.4 Å². The SMILES string of the molecule is CCCN1C(=O)N(C)C(=O)C12CCNCC2. The van der Waals surface area contributed by atoms with Crippen LogP contribution in [0.15, 0.2) is 0 Å². The van der Waals surface area contributed by atoms with Crippen molar-refractivity contribution >= 4 is 11.9 Å². The van der Waals surface area contributed by atoms with Gasteiger partial charge in [-0.2, -0.15) is 0 Å². The minimum atomic E-state index is -0.549. The molecule has 2 saturated heterocycles. The van der Waals surface area contributed by atoms with Crippen molar-refractivity contribution in [2.45, 2.75) is 31.7 Å². The number of amides is 3. The van der Waals surface area contributed by atoms with Crippen LogP contribution in [0.4, 0.5) is 4.79 Å². The van der Waals surface area contributed by atoms with Crippen molar-refractivity contribution < 1.29 is 9.59 Å². The zero-order valence-electron chi connectivity index (χ0n) is 9.95. The van der Waals surface area contributed by atoms with Gasteiger partial charge in [0.05, 0.1) is 0 Å². The molecule has 5 nitrogen and oxygen atoms in total. The average molecular weight is 225 g/mol. The second kappa shape index (κ2) is 4.05. The number of rotatable bonds is 2. The van der Waals surface area contributed by atoms with E-state index in [1.807, 2.05) is 6.92 Å². The molecule has 0 atom stereocenters. The fourth-order valence-corrected chi connectivity index (χ4v) is 2.74. The van der Waals surface area contributed by atoms with E-state index < -0.39 is 5.54 Å². The summed E-state index contributed by atoms with van der Waals surface area (Å²) >= 11 is 0. The lowest BCUT2D eigenvalue weighted by molar-refractivity contribution is -0.133. The molecule has 0 saturated carbocycles. The second-order valence-electron chi connectivity index (χ2n) is 4.58. The maximum Gasteiger partial charge on any atom is 0.327 e. The number of likely N-dealkylation sites (N-methyl/N-ethyl adjacent to an activating group) is 1. The van der Waals surface area contributed by atoms with Crippen LogP contribution in [0.1, 0.15) is 26.2 Å². The maximum atomic E-state index is 12.2. The van der Waals surface area contributed by atoms with Gasteiger partial charge in [0, 0.05) is 13.6 Å². The normalized spacial score (nSPS) is 24.6. The third kappa shape index (κ3) is 1.42. The molecule has 0 unspecified atom stereocenters. The number of nitrogens with zero attached hydrogens (tertiary/aromatic N) is 2. The Morgan fingerprint density at radius 3 is 2.50 bits per heavy atom. The zero-order valence-corrected chi connectivity index (χ0v) is 9.95. The van der Waals surface area contributed by atoms with E-state index >= 15 is 0 Å². The van der Waals surface area contributed by atoms with Crippen molar-refractivity contribution in [1.82, 2.24) is 15.1 Å². The lowest BCUT2D eigenvalue weighted by Crippen LogP contribution is -2.55. The van der Waals surface area contributed by atoms with Crippen LogP contribution >= 0.6 is 0 Å². The van der Waals surface area contributed by atoms with Gasteiger partial charge in [-0.25, -0.2) is 4.79 Å². The van der Waals surface area contributed by atoms with Gasteiger partial charge in [0.15, 0.2) is 0 Å². The molecule has 0 aromatic rings. The molecule has 5 heteroatoms. The molecule has 0 bridgehead atoms. The van der Waals surface area contributed by atoms with Crippen molar-refractivity contribution in [2.24, 2.45) is 0 Å². The van der Waals surface area contributed by atoms with E-state index in [1.165, 1.54) is 4.90 Å². The molecule has 2 fully saturated rings. The van der Waals surface area contributed by atoms with Gasteiger partial charge in [-0.1, -0.05) is 6.92 Å². The molecule has 16 heavy (non-hydrogen) atoms. The summed E-state index contributed by atoms with van der Waals surface area (Å²) in [6.45, 7) is 4.33. The minimum Gasteiger partial charge on any atom is -0.317 e. The maximum absolute atomic E-state index is 12.2. The van der Waals surface area contributed by atoms with E-state index in [0.29, 0.717) is 6.54 Å². The predicted octanol–water partition coefficient (Wildman–Crippen LogP) is 0.413. The topological polar surface area (TPSA) is 52.7 Å². The number of imide groups is 1. The number of piperidine rings is 1. The van der Waals surface area contributed by atoms with Crippen molar-refractivity contribution in [1.29, 1.82) is 0 Å². The monoisotopic (exact) mass is 225 g/mol. The quantitative estimate of drug-likeness (QED) is 0.693. The van der Waals surface area contributed by atoms with Crippen molar-refractivity contribution in [3.05, 3.63) is 0 Å². The Balaban J connectivity index is 2.31. The molecule has 0 aromatic heterocycles. The molecule has 0 aliphatic carbocycles. The van der Waals surface area contributed by atoms with Crippen LogP contribution in [0, 0.1) is 0 Å². The van der Waals surface area contributed by atoms with Crippen LogP contribution in [0.5, 0.6) is 0 Å². The molecular formula is C11H19N3O2. The van der Waals surface area contributed by atoms with Crippen LogP contribution in [0.2, 0.25) is 0 Å². The Bertz CT molecular complexity index is 310. The zero-order chi connectivity index (χ0) is 11.8. The molecule has 2 aliphatic heterocycles. The number of hydrogen-bond donors (Lipinski definition) is 1. The Morgan fingerprint density at radius 1 is 1.31 bits per heavy atom. The lowest BCUT2D eigenvalue weighted by atomic mass is 9.86. The standard InChI is InChI=1S/C11H19N3O2/c1-3-8-14-10(16)13(2)9(15)11(14)4-6-12-7-5-11/h12H,3-8H2,1-2H3. The first-order valence-corrected chi connectivity index (χ1v) is 5.94. The summed E-state index contributed by atoms with van der Waals surface area (Å²) in [5, 5.41) is 3.24. The van der Waals surface area contributed by atoms with Crippen LogP contribution < -0.4 is 5.32 Å². The van der Waals surface area contributed by atoms with Crippen molar-refractivity contribution in [3.8, 4) is 0 Å². The molecule has 0 radical (unpaired) electrons. The van der Waals surface area contributed by atoms with Crippen LogP contribution in [0.25, 0.3) is 0 Å². The number of urea groups is 1. The summed E-state index contributed by atoms with van der Waals surface area (Å²) in [5.41, 5.74) is -0.549. The fourth-order valence-electron chi connectivity index (χ4n) is 2.74. The summed E-state index contributed by atoms with van der Waals surface area (Å²) in [6, 6.07) is -0.131. The third-order valence-corrected chi connectivity index (χ3v) is 3.62. The van der Waals surface area contributed by atoms with Gasteiger partial charge in [-0.05, 0) is 32.4 Å². The number of carbonyl (C=O) groups excluding carboxylic acids is 2. The van der Waals surface area contributed by atoms with E-state index in [4.69, 9.17) is 0 Å². The summed E-state index contributed by atoms with van der Waals surface area (Å²) in [7, 11) is 1.59. The highest BCUT2D eigenvalue weighted by Gasteiger charge is 2.55. The molecule has 1 spiro atoms. The first kappa shape index (κ1) is 11.4. The smallest absolute Gasteiger partial charge is 0.317 e. The van der Waals surface area contributed by atoms with Gasteiger partial charge in [0.2, 0.25) is 0 Å². The number of nitrogens with one attached hydrogen (secondary N) is 1. The van der Waals surface area contributed by atoms with E-state index in [-0.39, 0.29) is 11.9 Å². The fraction of sp³-hybridized carbons (Fsp3) is 0.818. The minimum absolute atomic E-state index is 0.0209. The Morgan fingerprint density at radius 2 is 1.94 bits per heavy atom. The molecule has 1 N–H and O–H groups in total. The highest BCUT2D eigenvalue weighted by Crippen LogP contribution is 2.34. The molecule has 2 heterocycles. The average Bonchev–Trinajstić information content (AvgIpc) is 2.47. The van der Waals surface area contributed by atoms with Crippen LogP contribution in [-0.2, 0) is 4.79 Å². The highest BCUT2D eigenvalue weighted by atomic mass is 16.2. The molecule has 2 aliphatic rings. The summed E-state index contributed by atoms with van der Waals surface area (Å²) in [4.78, 5) is 27.3. The van der Waals surface area contributed by atoms with Gasteiger partial charge in [0.25, 0.3) is 5.91 Å². The molecule has 2 rings (SSSR count). The van der Waals surface area contributed by atoms with Gasteiger partial charge in [-0.15, -0.1) is 0 Å². The Kier molecular flexibility index (Phi) is 2.88. The van der Waals surface area contributed by atoms with Crippen LogP contribution in [-0.4, -0.2) is 54.0 Å². The second-order valence-corrected chi connectivity index (χ2v) is 4.58. The molecule has 3 amide bonds. The van der Waals surface area contributed by atoms with Gasteiger partial charge < -0.3 is 10.2 Å². The summed E-state index contributed by atoms with van der Waals surface area (Å²) in [5.74, 6) is -0.0209. The largest absolute Gasteiger partial charge is 0.327 e. The van der Waals surface area contributed by atoms with E-state index in [9.17, 15) is 9.59 Å². The lowest BCUT2D eigenvalue weighted by Gasteiger charge is -2.38. The van der Waals surface area contributed by atoms with Crippen LogP contribution in [0.3, 0.4) is 0 Å². The summed E-state index contributed by atoms with van der Waals surface area (Å²) < 4.78 is 0. The van der Waals surface area contributed by atoms with Gasteiger partial charge in [0.1, 0.15) is 5.54 Å². The van der Waals surface area contributed by atoms with Crippen molar-refractivity contribution in [2.75, 3.05) is 26.7 Å². The molecule has 90 valence electrons. The number of hydrogen-bond acceptors (Lipinski definition) is 3. The Labute approximate surface area is 95.8 Å². The van der Waals surface area contributed by atoms with Gasteiger partial charge in [-0.3, -0.25) is 9.69 Å². The number of carbonyl (C=O) groups is 2.